The fourth-order valence-corrected chi connectivity index (χ4v) is 2.09. The molecule has 5 heteroatoms. The van der Waals surface area contributed by atoms with E-state index in [0.29, 0.717) is 30.5 Å². The van der Waals surface area contributed by atoms with Crippen LogP contribution in [0.3, 0.4) is 0 Å². The van der Waals surface area contributed by atoms with Gasteiger partial charge in [0.25, 0.3) is 5.91 Å². The van der Waals surface area contributed by atoms with E-state index in [4.69, 9.17) is 4.74 Å². The third-order valence-corrected chi connectivity index (χ3v) is 3.49. The maximum Gasteiger partial charge on any atom is 0.258 e. The van der Waals surface area contributed by atoms with Crippen LogP contribution in [-0.2, 0) is 13.6 Å². The van der Waals surface area contributed by atoms with Gasteiger partial charge in [-0.05, 0) is 24.3 Å². The molecule has 0 aliphatic heterocycles. The molecule has 110 valence electrons. The predicted octanol–water partition coefficient (Wildman–Crippen LogP) is 2.14. The highest BCUT2D eigenvalue weighted by molar-refractivity contribution is 5.96. The van der Waals surface area contributed by atoms with Crippen molar-refractivity contribution in [1.82, 2.24) is 15.1 Å². The number of hydrogen-bond donors (Lipinski definition) is 1. The second-order valence-electron chi connectivity index (χ2n) is 5.44. The van der Waals surface area contributed by atoms with Crippen molar-refractivity contribution in [2.75, 3.05) is 6.61 Å². The Hall–Kier alpha value is -2.30. The number of carbonyl (C=O) groups is 1. The van der Waals surface area contributed by atoms with Crippen LogP contribution in [0.5, 0.6) is 5.88 Å². The zero-order valence-electron chi connectivity index (χ0n) is 12.1. The SMILES string of the molecule is Cn1cc(C(=O)NCc2ccccc2)c(OCC2CC2)n1. The summed E-state index contributed by atoms with van der Waals surface area (Å²) < 4.78 is 7.27. The molecule has 1 heterocycles. The number of nitrogens with one attached hydrogen (secondary N) is 1. The lowest BCUT2D eigenvalue weighted by Crippen LogP contribution is -2.23. The summed E-state index contributed by atoms with van der Waals surface area (Å²) in [5.74, 6) is 0.903. The molecular formula is C16H19N3O2. The molecule has 1 fully saturated rings. The van der Waals surface area contributed by atoms with Gasteiger partial charge in [-0.25, -0.2) is 0 Å². The van der Waals surface area contributed by atoms with Crippen molar-refractivity contribution in [3.8, 4) is 5.88 Å². The summed E-state index contributed by atoms with van der Waals surface area (Å²) in [7, 11) is 1.79. The number of amides is 1. The van der Waals surface area contributed by atoms with Gasteiger partial charge in [-0.1, -0.05) is 30.3 Å². The van der Waals surface area contributed by atoms with Gasteiger partial charge in [0.05, 0.1) is 6.61 Å². The van der Waals surface area contributed by atoms with Gasteiger partial charge < -0.3 is 10.1 Å². The smallest absolute Gasteiger partial charge is 0.258 e. The van der Waals surface area contributed by atoms with E-state index in [1.54, 1.807) is 17.9 Å². The Morgan fingerprint density at radius 1 is 1.38 bits per heavy atom. The molecule has 1 N–H and O–H groups in total. The van der Waals surface area contributed by atoms with Gasteiger partial charge in [-0.2, -0.15) is 0 Å². The van der Waals surface area contributed by atoms with E-state index in [2.05, 4.69) is 10.4 Å². The Morgan fingerprint density at radius 3 is 2.86 bits per heavy atom. The van der Waals surface area contributed by atoms with Gasteiger partial charge >= 0.3 is 0 Å². The zero-order chi connectivity index (χ0) is 14.7. The molecule has 0 bridgehead atoms. The van der Waals surface area contributed by atoms with Crippen LogP contribution in [0.2, 0.25) is 0 Å². The number of benzene rings is 1. The highest BCUT2D eigenvalue weighted by Gasteiger charge is 2.24. The molecule has 1 amide bonds. The van der Waals surface area contributed by atoms with Crippen molar-refractivity contribution in [3.05, 3.63) is 47.7 Å². The molecule has 21 heavy (non-hydrogen) atoms. The Bertz CT molecular complexity index is 618. The molecule has 2 aromatic rings. The third kappa shape index (κ3) is 3.62. The number of ether oxygens (including phenoxy) is 1. The van der Waals surface area contributed by atoms with E-state index in [9.17, 15) is 4.79 Å². The average Bonchev–Trinajstić information content (AvgIpc) is 3.25. The summed E-state index contributed by atoms with van der Waals surface area (Å²) in [5, 5.41) is 7.12. The van der Waals surface area contributed by atoms with Crippen LogP contribution in [0.15, 0.2) is 36.5 Å². The standard InChI is InChI=1S/C16H19N3O2/c1-19-10-14(16(18-19)21-11-13-7-8-13)15(20)17-9-12-5-3-2-4-6-12/h2-6,10,13H,7-9,11H2,1H3,(H,17,20). The summed E-state index contributed by atoms with van der Waals surface area (Å²) >= 11 is 0. The topological polar surface area (TPSA) is 56.2 Å². The van der Waals surface area contributed by atoms with Crippen LogP contribution in [0.1, 0.15) is 28.8 Å². The first-order valence-electron chi connectivity index (χ1n) is 7.21. The largest absolute Gasteiger partial charge is 0.476 e. The highest BCUT2D eigenvalue weighted by Crippen LogP contribution is 2.29. The lowest BCUT2D eigenvalue weighted by molar-refractivity contribution is 0.0946. The second-order valence-corrected chi connectivity index (χ2v) is 5.44. The molecule has 0 radical (unpaired) electrons. The molecule has 0 spiro atoms. The highest BCUT2D eigenvalue weighted by atomic mass is 16.5. The first-order valence-corrected chi connectivity index (χ1v) is 7.21. The lowest BCUT2D eigenvalue weighted by atomic mass is 10.2. The maximum absolute atomic E-state index is 12.3. The van der Waals surface area contributed by atoms with Crippen molar-refractivity contribution in [2.24, 2.45) is 13.0 Å². The summed E-state index contributed by atoms with van der Waals surface area (Å²) in [6.07, 6.45) is 4.12. The van der Waals surface area contributed by atoms with Crippen LogP contribution < -0.4 is 10.1 Å². The fraction of sp³-hybridized carbons (Fsp3) is 0.375. The minimum Gasteiger partial charge on any atom is -0.476 e. The minimum absolute atomic E-state index is 0.155. The molecule has 1 saturated carbocycles. The van der Waals surface area contributed by atoms with Gasteiger partial charge in [0.1, 0.15) is 5.56 Å². The summed E-state index contributed by atoms with van der Waals surface area (Å²) in [5.41, 5.74) is 1.56. The second kappa shape index (κ2) is 5.99. The molecule has 1 aliphatic carbocycles. The molecule has 0 saturated heterocycles. The number of carbonyl (C=O) groups excluding carboxylic acids is 1. The molecule has 3 rings (SSSR count). The van der Waals surface area contributed by atoms with E-state index >= 15 is 0 Å². The maximum atomic E-state index is 12.3. The molecule has 0 atom stereocenters. The average molecular weight is 285 g/mol. The van der Waals surface area contributed by atoms with Gasteiger partial charge in [0.2, 0.25) is 5.88 Å². The number of rotatable bonds is 6. The predicted molar refractivity (Wildman–Crippen MR) is 79.0 cm³/mol. The lowest BCUT2D eigenvalue weighted by Gasteiger charge is -2.06. The van der Waals surface area contributed by atoms with E-state index in [0.717, 1.165) is 5.56 Å². The van der Waals surface area contributed by atoms with Crippen molar-refractivity contribution in [1.29, 1.82) is 0 Å². The van der Waals surface area contributed by atoms with Crippen molar-refractivity contribution in [3.63, 3.8) is 0 Å². The van der Waals surface area contributed by atoms with E-state index in [1.807, 2.05) is 30.3 Å². The van der Waals surface area contributed by atoms with Gasteiger partial charge in [-0.15, -0.1) is 5.10 Å². The van der Waals surface area contributed by atoms with Crippen LogP contribution in [-0.4, -0.2) is 22.3 Å². The van der Waals surface area contributed by atoms with Gasteiger partial charge in [0, 0.05) is 19.8 Å². The number of aryl methyl sites for hydroxylation is 1. The Labute approximate surface area is 123 Å². The third-order valence-electron chi connectivity index (χ3n) is 3.49. The monoisotopic (exact) mass is 285 g/mol. The van der Waals surface area contributed by atoms with Crippen molar-refractivity contribution in [2.45, 2.75) is 19.4 Å². The quantitative estimate of drug-likeness (QED) is 0.884. The van der Waals surface area contributed by atoms with E-state index in [1.165, 1.54) is 12.8 Å². The van der Waals surface area contributed by atoms with Gasteiger partial charge in [0.15, 0.2) is 0 Å². The summed E-state index contributed by atoms with van der Waals surface area (Å²) in [4.78, 5) is 12.3. The Kier molecular flexibility index (Phi) is 3.90. The van der Waals surface area contributed by atoms with Crippen molar-refractivity contribution < 1.29 is 9.53 Å². The molecular weight excluding hydrogens is 266 g/mol. The van der Waals surface area contributed by atoms with E-state index < -0.39 is 0 Å². The number of nitrogens with zero attached hydrogens (tertiary/aromatic N) is 2. The van der Waals surface area contributed by atoms with Crippen LogP contribution >= 0.6 is 0 Å². The van der Waals surface area contributed by atoms with Crippen LogP contribution in [0, 0.1) is 5.92 Å². The summed E-state index contributed by atoms with van der Waals surface area (Å²) in [6.45, 7) is 1.15. The first kappa shape index (κ1) is 13.7. The Balaban J connectivity index is 1.62. The molecule has 1 aromatic carbocycles. The zero-order valence-corrected chi connectivity index (χ0v) is 12.1. The normalized spacial score (nSPS) is 14.0. The molecule has 1 aromatic heterocycles. The minimum atomic E-state index is -0.155. The van der Waals surface area contributed by atoms with Crippen LogP contribution in [0.25, 0.3) is 0 Å². The Morgan fingerprint density at radius 2 is 2.14 bits per heavy atom. The van der Waals surface area contributed by atoms with Crippen molar-refractivity contribution >= 4 is 5.91 Å². The van der Waals surface area contributed by atoms with Gasteiger partial charge in [-0.3, -0.25) is 9.48 Å². The van der Waals surface area contributed by atoms with E-state index in [-0.39, 0.29) is 5.91 Å². The molecule has 0 unspecified atom stereocenters. The molecule has 5 nitrogen and oxygen atoms in total. The molecule has 1 aliphatic rings. The first-order chi connectivity index (χ1) is 10.2. The fourth-order valence-electron chi connectivity index (χ4n) is 2.09. The van der Waals surface area contributed by atoms with Crippen LogP contribution in [0.4, 0.5) is 0 Å². The number of hydrogen-bond acceptors (Lipinski definition) is 3. The summed E-state index contributed by atoms with van der Waals surface area (Å²) in [6, 6.07) is 9.82. The number of aromatic nitrogens is 2.